The first-order valence-electron chi connectivity index (χ1n) is 6.97. The van der Waals surface area contributed by atoms with Crippen molar-refractivity contribution in [2.45, 2.75) is 44.2 Å². The molecule has 21 heavy (non-hydrogen) atoms. The van der Waals surface area contributed by atoms with Crippen LogP contribution >= 0.6 is 11.3 Å². The first-order valence-corrected chi connectivity index (χ1v) is 9.23. The molecule has 1 aromatic heterocycles. The van der Waals surface area contributed by atoms with Crippen molar-refractivity contribution in [1.29, 1.82) is 0 Å². The molecule has 118 valence electrons. The number of carbonyl (C=O) groups is 1. The molecule has 0 radical (unpaired) electrons. The van der Waals surface area contributed by atoms with Gasteiger partial charge in [0.05, 0.1) is 0 Å². The van der Waals surface area contributed by atoms with Gasteiger partial charge in [0.15, 0.2) is 0 Å². The number of hydrogen-bond donors (Lipinski definition) is 1. The number of aromatic carboxylic acids is 1. The SMILES string of the molecule is Cc1cc(S(=O)(=O)N2CCCC(C)(C)CC2)sc1C(=O)O. The summed E-state index contributed by atoms with van der Waals surface area (Å²) in [5, 5.41) is 9.07. The lowest BCUT2D eigenvalue weighted by Gasteiger charge is -2.22. The zero-order valence-corrected chi connectivity index (χ0v) is 14.2. The highest BCUT2D eigenvalue weighted by atomic mass is 32.2. The highest BCUT2D eigenvalue weighted by Crippen LogP contribution is 2.34. The molecule has 0 atom stereocenters. The van der Waals surface area contributed by atoms with Gasteiger partial charge in [-0.15, -0.1) is 11.3 Å². The predicted octanol–water partition coefficient (Wildman–Crippen LogP) is 2.96. The average molecular weight is 331 g/mol. The third-order valence-corrected chi connectivity index (χ3v) is 7.56. The summed E-state index contributed by atoms with van der Waals surface area (Å²) >= 11 is 0.846. The molecule has 7 heteroatoms. The fraction of sp³-hybridized carbons (Fsp3) is 0.643. The van der Waals surface area contributed by atoms with E-state index in [0.717, 1.165) is 30.6 Å². The number of rotatable bonds is 3. The highest BCUT2D eigenvalue weighted by molar-refractivity contribution is 7.91. The Bertz CT molecular complexity index is 646. The van der Waals surface area contributed by atoms with Crippen molar-refractivity contribution in [1.82, 2.24) is 4.31 Å². The first-order chi connectivity index (χ1) is 9.63. The van der Waals surface area contributed by atoms with Crippen molar-refractivity contribution in [3.05, 3.63) is 16.5 Å². The Kier molecular flexibility index (Phi) is 4.46. The second kappa shape index (κ2) is 5.70. The minimum Gasteiger partial charge on any atom is -0.477 e. The molecule has 0 spiro atoms. The van der Waals surface area contributed by atoms with E-state index in [-0.39, 0.29) is 14.5 Å². The van der Waals surface area contributed by atoms with Gasteiger partial charge in [-0.1, -0.05) is 13.8 Å². The number of sulfonamides is 1. The molecule has 1 N–H and O–H groups in total. The monoisotopic (exact) mass is 331 g/mol. The van der Waals surface area contributed by atoms with E-state index in [4.69, 9.17) is 5.11 Å². The largest absolute Gasteiger partial charge is 0.477 e. The summed E-state index contributed by atoms with van der Waals surface area (Å²) in [7, 11) is -3.58. The molecule has 0 unspecified atom stereocenters. The number of carboxylic acids is 1. The lowest BCUT2D eigenvalue weighted by molar-refractivity contribution is 0.0701. The maximum Gasteiger partial charge on any atom is 0.346 e. The van der Waals surface area contributed by atoms with Crippen LogP contribution in [0.5, 0.6) is 0 Å². The van der Waals surface area contributed by atoms with E-state index in [1.165, 1.54) is 10.4 Å². The van der Waals surface area contributed by atoms with Crippen molar-refractivity contribution in [3.63, 3.8) is 0 Å². The average Bonchev–Trinajstić information content (AvgIpc) is 2.66. The van der Waals surface area contributed by atoms with Crippen LogP contribution < -0.4 is 0 Å². The number of aryl methyl sites for hydroxylation is 1. The Morgan fingerprint density at radius 1 is 1.33 bits per heavy atom. The molecule has 2 heterocycles. The maximum absolute atomic E-state index is 12.7. The Hall–Kier alpha value is -0.920. The molecule has 1 aliphatic rings. The van der Waals surface area contributed by atoms with Crippen LogP contribution in [0.3, 0.4) is 0 Å². The summed E-state index contributed by atoms with van der Waals surface area (Å²) in [6.07, 6.45) is 2.66. The topological polar surface area (TPSA) is 74.7 Å². The van der Waals surface area contributed by atoms with E-state index in [2.05, 4.69) is 13.8 Å². The van der Waals surface area contributed by atoms with Crippen LogP contribution in [0.15, 0.2) is 10.3 Å². The summed E-state index contributed by atoms with van der Waals surface area (Å²) in [5.41, 5.74) is 0.656. The second-order valence-corrected chi connectivity index (χ2v) is 9.52. The number of thiophene rings is 1. The van der Waals surface area contributed by atoms with E-state index in [0.29, 0.717) is 18.7 Å². The van der Waals surface area contributed by atoms with Crippen molar-refractivity contribution < 1.29 is 18.3 Å². The quantitative estimate of drug-likeness (QED) is 0.924. The number of hydrogen-bond acceptors (Lipinski definition) is 4. The summed E-state index contributed by atoms with van der Waals surface area (Å²) in [5.74, 6) is -1.07. The van der Waals surface area contributed by atoms with Crippen molar-refractivity contribution in [2.75, 3.05) is 13.1 Å². The predicted molar refractivity (Wildman–Crippen MR) is 82.4 cm³/mol. The van der Waals surface area contributed by atoms with Crippen molar-refractivity contribution in [2.24, 2.45) is 5.41 Å². The number of carboxylic acid groups (broad SMARTS) is 1. The fourth-order valence-electron chi connectivity index (χ4n) is 2.56. The van der Waals surface area contributed by atoms with Crippen LogP contribution in [0.4, 0.5) is 0 Å². The third kappa shape index (κ3) is 3.46. The van der Waals surface area contributed by atoms with E-state index in [1.54, 1.807) is 6.92 Å². The zero-order valence-electron chi connectivity index (χ0n) is 12.5. The van der Waals surface area contributed by atoms with Crippen molar-refractivity contribution >= 4 is 27.3 Å². The molecule has 0 aromatic carbocycles. The molecule has 1 fully saturated rings. The van der Waals surface area contributed by atoms with Gasteiger partial charge in [-0.25, -0.2) is 13.2 Å². The fourth-order valence-corrected chi connectivity index (χ4v) is 5.57. The second-order valence-electron chi connectivity index (χ2n) is 6.30. The summed E-state index contributed by atoms with van der Waals surface area (Å²) in [6.45, 7) is 6.94. The minimum atomic E-state index is -3.58. The van der Waals surface area contributed by atoms with Crippen LogP contribution in [-0.4, -0.2) is 36.9 Å². The lowest BCUT2D eigenvalue weighted by atomic mass is 9.85. The Balaban J connectivity index is 2.29. The van der Waals surface area contributed by atoms with Gasteiger partial charge in [-0.05, 0) is 43.2 Å². The highest BCUT2D eigenvalue weighted by Gasteiger charge is 2.32. The van der Waals surface area contributed by atoms with E-state index in [9.17, 15) is 13.2 Å². The van der Waals surface area contributed by atoms with Gasteiger partial charge in [0.2, 0.25) is 0 Å². The van der Waals surface area contributed by atoms with Crippen LogP contribution in [-0.2, 0) is 10.0 Å². The van der Waals surface area contributed by atoms with Gasteiger partial charge in [-0.3, -0.25) is 0 Å². The van der Waals surface area contributed by atoms with E-state index < -0.39 is 16.0 Å². The molecule has 1 aromatic rings. The van der Waals surface area contributed by atoms with Crippen molar-refractivity contribution in [3.8, 4) is 0 Å². The van der Waals surface area contributed by atoms with Gasteiger partial charge >= 0.3 is 5.97 Å². The van der Waals surface area contributed by atoms with Crippen LogP contribution in [0, 0.1) is 12.3 Å². The van der Waals surface area contributed by atoms with Gasteiger partial charge in [0, 0.05) is 13.1 Å². The molecule has 0 aliphatic carbocycles. The smallest absolute Gasteiger partial charge is 0.346 e. The third-order valence-electron chi connectivity index (χ3n) is 3.98. The van der Waals surface area contributed by atoms with Crippen LogP contribution in [0.2, 0.25) is 0 Å². The molecule has 0 amide bonds. The van der Waals surface area contributed by atoms with Gasteiger partial charge < -0.3 is 5.11 Å². The molecule has 0 saturated carbocycles. The van der Waals surface area contributed by atoms with Gasteiger partial charge in [0.1, 0.15) is 9.09 Å². The molecule has 1 aliphatic heterocycles. The molecule has 1 saturated heterocycles. The lowest BCUT2D eigenvalue weighted by Crippen LogP contribution is -2.32. The summed E-state index contributed by atoms with van der Waals surface area (Å²) < 4.78 is 27.0. The zero-order chi connectivity index (χ0) is 15.8. The van der Waals surface area contributed by atoms with Crippen LogP contribution in [0.1, 0.15) is 48.3 Å². The molecule has 2 rings (SSSR count). The molecule has 0 bridgehead atoms. The minimum absolute atomic E-state index is 0.101. The van der Waals surface area contributed by atoms with Gasteiger partial charge in [0.25, 0.3) is 10.0 Å². The van der Waals surface area contributed by atoms with E-state index in [1.807, 2.05) is 0 Å². The molecular formula is C14H21NO4S2. The standard InChI is InChI=1S/C14H21NO4S2/c1-10-9-11(20-12(10)13(16)17)21(18,19)15-7-4-5-14(2,3)6-8-15/h9H,4-8H2,1-3H3,(H,16,17). The normalized spacial score (nSPS) is 20.1. The first kappa shape index (κ1) is 16.5. The Labute approximate surface area is 129 Å². The summed E-state index contributed by atoms with van der Waals surface area (Å²) in [6, 6.07) is 1.47. The summed E-state index contributed by atoms with van der Waals surface area (Å²) in [4.78, 5) is 11.2. The Morgan fingerprint density at radius 2 is 2.00 bits per heavy atom. The molecule has 5 nitrogen and oxygen atoms in total. The number of nitrogens with zero attached hydrogens (tertiary/aromatic N) is 1. The van der Waals surface area contributed by atoms with E-state index >= 15 is 0 Å². The van der Waals surface area contributed by atoms with Crippen LogP contribution in [0.25, 0.3) is 0 Å². The Morgan fingerprint density at radius 3 is 2.57 bits per heavy atom. The van der Waals surface area contributed by atoms with Gasteiger partial charge in [-0.2, -0.15) is 4.31 Å². The molecular weight excluding hydrogens is 310 g/mol. The maximum atomic E-state index is 12.7.